The Hall–Kier alpha value is -1.85. The molecule has 1 N–H and O–H groups in total. The normalized spacial score (nSPS) is 16.8. The van der Waals surface area contributed by atoms with Crippen LogP contribution in [0, 0.1) is 12.8 Å². The largest absolute Gasteiger partial charge is 0.325 e. The van der Waals surface area contributed by atoms with Gasteiger partial charge in [0.2, 0.25) is 11.8 Å². The number of hydrogen-bond acceptors (Lipinski definition) is 2. The third kappa shape index (κ3) is 3.94. The van der Waals surface area contributed by atoms with Crippen molar-refractivity contribution < 1.29 is 9.59 Å². The fourth-order valence-electron chi connectivity index (χ4n) is 3.25. The van der Waals surface area contributed by atoms with Gasteiger partial charge in [-0.3, -0.25) is 9.59 Å². The third-order valence-electron chi connectivity index (χ3n) is 4.65. The van der Waals surface area contributed by atoms with E-state index in [1.807, 2.05) is 19.1 Å². The highest BCUT2D eigenvalue weighted by molar-refractivity contribution is 9.10. The predicted octanol–water partition coefficient (Wildman–Crippen LogP) is 4.96. The highest BCUT2D eigenvalue weighted by Crippen LogP contribution is 2.30. The molecule has 3 rings (SSSR count). The number of carbonyl (C=O) groups excluding carboxylic acids is 2. The molecule has 2 aromatic carbocycles. The zero-order valence-corrected chi connectivity index (χ0v) is 17.0. The van der Waals surface area contributed by atoms with Gasteiger partial charge in [-0.1, -0.05) is 34.5 Å². The topological polar surface area (TPSA) is 49.4 Å². The molecule has 0 radical (unpaired) electrons. The molecule has 4 nitrogen and oxygen atoms in total. The van der Waals surface area contributed by atoms with Gasteiger partial charge >= 0.3 is 0 Å². The molecule has 1 aliphatic heterocycles. The van der Waals surface area contributed by atoms with Gasteiger partial charge in [0.1, 0.15) is 0 Å². The van der Waals surface area contributed by atoms with Crippen LogP contribution in [0.25, 0.3) is 0 Å². The first-order valence-electron chi connectivity index (χ1n) is 8.55. The lowest BCUT2D eigenvalue weighted by Gasteiger charge is -2.18. The van der Waals surface area contributed by atoms with E-state index >= 15 is 0 Å². The SMILES string of the molecule is CCc1cc(Br)cc(C)c1NC(=O)[C@@H]1CC(=O)N(c2ccc(Cl)cc2)C1. The van der Waals surface area contributed by atoms with Gasteiger partial charge in [-0.2, -0.15) is 0 Å². The molecule has 2 aromatic rings. The van der Waals surface area contributed by atoms with Crippen molar-refractivity contribution in [1.82, 2.24) is 0 Å². The standard InChI is InChI=1S/C20H20BrClN2O2/c1-3-13-9-15(21)8-12(2)19(13)23-20(26)14-10-18(25)24(11-14)17-6-4-16(22)5-7-17/h4-9,14H,3,10-11H2,1-2H3,(H,23,26)/t14-/m1/s1. The lowest BCUT2D eigenvalue weighted by Crippen LogP contribution is -2.28. The molecule has 0 spiro atoms. The summed E-state index contributed by atoms with van der Waals surface area (Å²) in [5.74, 6) is -0.531. The summed E-state index contributed by atoms with van der Waals surface area (Å²) in [5, 5.41) is 3.66. The van der Waals surface area contributed by atoms with Crippen molar-refractivity contribution in [3.05, 3.63) is 57.0 Å². The molecule has 0 saturated carbocycles. The second kappa shape index (κ2) is 7.80. The van der Waals surface area contributed by atoms with Crippen LogP contribution in [-0.4, -0.2) is 18.4 Å². The molecule has 26 heavy (non-hydrogen) atoms. The average molecular weight is 436 g/mol. The van der Waals surface area contributed by atoms with Crippen LogP contribution in [0.4, 0.5) is 11.4 Å². The Bertz CT molecular complexity index is 852. The van der Waals surface area contributed by atoms with Crippen LogP contribution in [0.1, 0.15) is 24.5 Å². The first-order valence-corrected chi connectivity index (χ1v) is 9.72. The monoisotopic (exact) mass is 434 g/mol. The third-order valence-corrected chi connectivity index (χ3v) is 5.36. The molecule has 2 amide bonds. The Morgan fingerprint density at radius 1 is 1.31 bits per heavy atom. The molecule has 1 aliphatic rings. The first-order chi connectivity index (χ1) is 12.4. The van der Waals surface area contributed by atoms with E-state index in [1.165, 1.54) is 0 Å². The number of anilines is 2. The zero-order valence-electron chi connectivity index (χ0n) is 14.7. The summed E-state index contributed by atoms with van der Waals surface area (Å²) in [4.78, 5) is 26.8. The van der Waals surface area contributed by atoms with Crippen molar-refractivity contribution in [1.29, 1.82) is 0 Å². The van der Waals surface area contributed by atoms with E-state index in [0.717, 1.165) is 33.4 Å². The van der Waals surface area contributed by atoms with Gasteiger partial charge in [-0.05, 0) is 60.9 Å². The fraction of sp³-hybridized carbons (Fsp3) is 0.300. The Morgan fingerprint density at radius 3 is 2.65 bits per heavy atom. The van der Waals surface area contributed by atoms with Gasteiger partial charge in [0, 0.05) is 33.8 Å². The molecule has 1 fully saturated rings. The Labute approximate surface area is 166 Å². The zero-order chi connectivity index (χ0) is 18.8. The molecule has 0 aliphatic carbocycles. The maximum Gasteiger partial charge on any atom is 0.229 e. The van der Waals surface area contributed by atoms with Crippen molar-refractivity contribution in [2.45, 2.75) is 26.7 Å². The lowest BCUT2D eigenvalue weighted by atomic mass is 10.0. The maximum atomic E-state index is 12.8. The molecule has 0 bridgehead atoms. The number of aryl methyl sites for hydroxylation is 2. The lowest BCUT2D eigenvalue weighted by molar-refractivity contribution is -0.122. The van der Waals surface area contributed by atoms with E-state index in [9.17, 15) is 9.59 Å². The number of nitrogens with zero attached hydrogens (tertiary/aromatic N) is 1. The van der Waals surface area contributed by atoms with Crippen molar-refractivity contribution >= 4 is 50.7 Å². The molecule has 1 atom stereocenters. The molecule has 0 unspecified atom stereocenters. The van der Waals surface area contributed by atoms with Gasteiger partial charge < -0.3 is 10.2 Å². The van der Waals surface area contributed by atoms with E-state index < -0.39 is 0 Å². The summed E-state index contributed by atoms with van der Waals surface area (Å²) >= 11 is 9.40. The van der Waals surface area contributed by atoms with Crippen LogP contribution in [0.2, 0.25) is 5.02 Å². The molecular formula is C20H20BrClN2O2. The number of amides is 2. The summed E-state index contributed by atoms with van der Waals surface area (Å²) in [6.45, 7) is 4.40. The van der Waals surface area contributed by atoms with Crippen LogP contribution in [-0.2, 0) is 16.0 Å². The fourth-order valence-corrected chi connectivity index (χ4v) is 3.99. The van der Waals surface area contributed by atoms with Crippen LogP contribution >= 0.6 is 27.5 Å². The van der Waals surface area contributed by atoms with Crippen molar-refractivity contribution in [3.8, 4) is 0 Å². The van der Waals surface area contributed by atoms with E-state index in [1.54, 1.807) is 29.2 Å². The van der Waals surface area contributed by atoms with Crippen LogP contribution < -0.4 is 10.2 Å². The number of hydrogen-bond donors (Lipinski definition) is 1. The molecule has 0 aromatic heterocycles. The van der Waals surface area contributed by atoms with Crippen molar-refractivity contribution in [2.75, 3.05) is 16.8 Å². The van der Waals surface area contributed by atoms with Crippen molar-refractivity contribution in [2.24, 2.45) is 5.92 Å². The number of nitrogens with one attached hydrogen (secondary N) is 1. The van der Waals surface area contributed by atoms with Crippen LogP contribution in [0.3, 0.4) is 0 Å². The minimum absolute atomic E-state index is 0.0456. The highest BCUT2D eigenvalue weighted by Gasteiger charge is 2.35. The number of halogens is 2. The quantitative estimate of drug-likeness (QED) is 0.737. The van der Waals surface area contributed by atoms with Gasteiger partial charge in [0.15, 0.2) is 0 Å². The van der Waals surface area contributed by atoms with Gasteiger partial charge in [0.25, 0.3) is 0 Å². The van der Waals surface area contributed by atoms with Gasteiger partial charge in [0.05, 0.1) is 5.92 Å². The molecule has 1 heterocycles. The summed E-state index contributed by atoms with van der Waals surface area (Å²) in [6.07, 6.45) is 1.03. The van der Waals surface area contributed by atoms with Crippen LogP contribution in [0.15, 0.2) is 40.9 Å². The predicted molar refractivity (Wildman–Crippen MR) is 109 cm³/mol. The molecule has 6 heteroatoms. The molecule has 1 saturated heterocycles. The summed E-state index contributed by atoms with van der Waals surface area (Å²) in [6, 6.07) is 11.1. The summed E-state index contributed by atoms with van der Waals surface area (Å²) in [7, 11) is 0. The average Bonchev–Trinajstić information content (AvgIpc) is 2.99. The van der Waals surface area contributed by atoms with Crippen molar-refractivity contribution in [3.63, 3.8) is 0 Å². The van der Waals surface area contributed by atoms with Gasteiger partial charge in [-0.25, -0.2) is 0 Å². The molecular weight excluding hydrogens is 416 g/mol. The highest BCUT2D eigenvalue weighted by atomic mass is 79.9. The van der Waals surface area contributed by atoms with E-state index in [2.05, 4.69) is 28.2 Å². The number of rotatable bonds is 4. The summed E-state index contributed by atoms with van der Waals surface area (Å²) in [5.41, 5.74) is 3.69. The van der Waals surface area contributed by atoms with E-state index in [4.69, 9.17) is 11.6 Å². The number of benzene rings is 2. The minimum atomic E-state index is -0.370. The maximum absolute atomic E-state index is 12.8. The molecule has 136 valence electrons. The van der Waals surface area contributed by atoms with Crippen LogP contribution in [0.5, 0.6) is 0 Å². The smallest absolute Gasteiger partial charge is 0.229 e. The Morgan fingerprint density at radius 2 is 2.00 bits per heavy atom. The Kier molecular flexibility index (Phi) is 5.68. The first kappa shape index (κ1) is 18.9. The minimum Gasteiger partial charge on any atom is -0.325 e. The second-order valence-electron chi connectivity index (χ2n) is 6.48. The van der Waals surface area contributed by atoms with E-state index in [0.29, 0.717) is 11.6 Å². The summed E-state index contributed by atoms with van der Waals surface area (Å²) < 4.78 is 0.995. The second-order valence-corrected chi connectivity index (χ2v) is 7.83. The van der Waals surface area contributed by atoms with E-state index in [-0.39, 0.29) is 24.2 Å². The Balaban J connectivity index is 1.76. The number of carbonyl (C=O) groups is 2. The van der Waals surface area contributed by atoms with Gasteiger partial charge in [-0.15, -0.1) is 0 Å².